The third-order valence-corrected chi connectivity index (χ3v) is 0.399. The van der Waals surface area contributed by atoms with Crippen LogP contribution >= 0.6 is 0 Å². The van der Waals surface area contributed by atoms with E-state index in [4.69, 9.17) is 0 Å². The van der Waals surface area contributed by atoms with E-state index < -0.39 is 18.8 Å². The minimum Gasteiger partial charge on any atom is -0.298 e. The van der Waals surface area contributed by atoms with Crippen molar-refractivity contribution >= 4 is 5.97 Å². The SMILES string of the molecule is CC(=O)OOCC(F)(F)F. The zero-order valence-electron chi connectivity index (χ0n) is 5.07. The Kier molecular flexibility index (Phi) is 3.14. The van der Waals surface area contributed by atoms with Gasteiger partial charge in [0.05, 0.1) is 0 Å². The smallest absolute Gasteiger partial charge is 0.298 e. The summed E-state index contributed by atoms with van der Waals surface area (Å²) in [4.78, 5) is 16.9. The summed E-state index contributed by atoms with van der Waals surface area (Å²) in [7, 11) is 0. The summed E-state index contributed by atoms with van der Waals surface area (Å²) < 4.78 is 33.6. The Labute approximate surface area is 54.6 Å². The Bertz CT molecular complexity index is 119. The van der Waals surface area contributed by atoms with Crippen molar-refractivity contribution in [2.24, 2.45) is 0 Å². The molecule has 0 bridgehead atoms. The van der Waals surface area contributed by atoms with Gasteiger partial charge in [-0.05, 0) is 0 Å². The molecule has 60 valence electrons. The van der Waals surface area contributed by atoms with Crippen molar-refractivity contribution in [1.29, 1.82) is 0 Å². The lowest BCUT2D eigenvalue weighted by Crippen LogP contribution is -2.18. The number of hydrogen-bond acceptors (Lipinski definition) is 3. The molecule has 0 aromatic heterocycles. The van der Waals surface area contributed by atoms with Gasteiger partial charge in [-0.2, -0.15) is 18.1 Å². The Morgan fingerprint density at radius 1 is 1.50 bits per heavy atom. The van der Waals surface area contributed by atoms with E-state index in [0.717, 1.165) is 6.92 Å². The van der Waals surface area contributed by atoms with Crippen molar-refractivity contribution in [3.63, 3.8) is 0 Å². The molecule has 0 aromatic rings. The van der Waals surface area contributed by atoms with Crippen LogP contribution in [0.5, 0.6) is 0 Å². The Balaban J connectivity index is 3.29. The molecule has 0 saturated carbocycles. The second-order valence-corrected chi connectivity index (χ2v) is 1.45. The predicted octanol–water partition coefficient (Wildman–Crippen LogP) is 1.04. The molecule has 0 aliphatic carbocycles. The van der Waals surface area contributed by atoms with Gasteiger partial charge in [-0.25, -0.2) is 4.79 Å². The van der Waals surface area contributed by atoms with E-state index >= 15 is 0 Å². The normalized spacial score (nSPS) is 11.2. The van der Waals surface area contributed by atoms with Gasteiger partial charge in [-0.3, -0.25) is 4.89 Å². The molecule has 10 heavy (non-hydrogen) atoms. The summed E-state index contributed by atoms with van der Waals surface area (Å²) in [5, 5.41) is 0. The van der Waals surface area contributed by atoms with E-state index in [-0.39, 0.29) is 0 Å². The first-order valence-electron chi connectivity index (χ1n) is 2.28. The summed E-state index contributed by atoms with van der Waals surface area (Å²) in [6, 6.07) is 0. The lowest BCUT2D eigenvalue weighted by atomic mass is 10.7. The zero-order chi connectivity index (χ0) is 8.20. The van der Waals surface area contributed by atoms with Crippen LogP contribution in [0, 0.1) is 0 Å². The minimum atomic E-state index is -4.46. The van der Waals surface area contributed by atoms with Crippen molar-refractivity contribution in [3.05, 3.63) is 0 Å². The van der Waals surface area contributed by atoms with E-state index in [1.165, 1.54) is 0 Å². The lowest BCUT2D eigenvalue weighted by Gasteiger charge is -2.03. The van der Waals surface area contributed by atoms with Gasteiger partial charge in [0, 0.05) is 6.92 Å². The standard InChI is InChI=1S/C4H5F3O3/c1-3(8)10-9-2-4(5,6)7/h2H2,1H3. The molecule has 0 saturated heterocycles. The minimum absolute atomic E-state index is 0.913. The van der Waals surface area contributed by atoms with Crippen LogP contribution in [-0.4, -0.2) is 18.8 Å². The van der Waals surface area contributed by atoms with Gasteiger partial charge in [0.15, 0.2) is 6.61 Å². The van der Waals surface area contributed by atoms with Crippen LogP contribution in [-0.2, 0) is 14.6 Å². The highest BCUT2D eigenvalue weighted by atomic mass is 19.4. The molecule has 0 radical (unpaired) electrons. The molecule has 0 atom stereocenters. The summed E-state index contributed by atoms with van der Waals surface area (Å²) in [5.74, 6) is -0.913. The van der Waals surface area contributed by atoms with Crippen LogP contribution in [0.15, 0.2) is 0 Å². The maximum Gasteiger partial charge on any atom is 0.415 e. The maximum absolute atomic E-state index is 11.2. The topological polar surface area (TPSA) is 35.5 Å². The zero-order valence-corrected chi connectivity index (χ0v) is 5.07. The molecular formula is C4H5F3O3. The second-order valence-electron chi connectivity index (χ2n) is 1.45. The quantitative estimate of drug-likeness (QED) is 0.445. The van der Waals surface area contributed by atoms with Gasteiger partial charge in [-0.1, -0.05) is 0 Å². The Hall–Kier alpha value is -0.780. The van der Waals surface area contributed by atoms with Crippen molar-refractivity contribution in [1.82, 2.24) is 0 Å². The number of hydrogen-bond donors (Lipinski definition) is 0. The predicted molar refractivity (Wildman–Crippen MR) is 23.8 cm³/mol. The fraction of sp³-hybridized carbons (Fsp3) is 0.750. The molecule has 0 aliphatic rings. The Morgan fingerprint density at radius 3 is 2.30 bits per heavy atom. The van der Waals surface area contributed by atoms with E-state index in [9.17, 15) is 18.0 Å². The number of alkyl halides is 3. The van der Waals surface area contributed by atoms with Crippen LogP contribution in [0.3, 0.4) is 0 Å². The molecule has 0 N–H and O–H groups in total. The molecule has 0 rings (SSSR count). The average Bonchev–Trinajstić information content (AvgIpc) is 1.59. The average molecular weight is 158 g/mol. The molecule has 0 heterocycles. The molecule has 0 aliphatic heterocycles. The van der Waals surface area contributed by atoms with E-state index in [2.05, 4.69) is 9.78 Å². The fourth-order valence-corrected chi connectivity index (χ4v) is 0.179. The molecule has 0 fully saturated rings. The van der Waals surface area contributed by atoms with Crippen LogP contribution in [0.4, 0.5) is 13.2 Å². The number of rotatable bonds is 2. The largest absolute Gasteiger partial charge is 0.415 e. The second kappa shape index (κ2) is 3.40. The molecule has 0 unspecified atom stereocenters. The summed E-state index contributed by atoms with van der Waals surface area (Å²) in [6.45, 7) is -0.636. The first-order valence-corrected chi connectivity index (χ1v) is 2.28. The molecule has 0 amide bonds. The van der Waals surface area contributed by atoms with Crippen molar-refractivity contribution < 1.29 is 27.7 Å². The van der Waals surface area contributed by atoms with E-state index in [1.54, 1.807) is 0 Å². The van der Waals surface area contributed by atoms with Crippen LogP contribution in [0.1, 0.15) is 6.92 Å². The highest BCUT2D eigenvalue weighted by Crippen LogP contribution is 2.14. The van der Waals surface area contributed by atoms with Crippen molar-refractivity contribution in [2.45, 2.75) is 13.1 Å². The number of halogens is 3. The molecular weight excluding hydrogens is 153 g/mol. The van der Waals surface area contributed by atoms with Gasteiger partial charge < -0.3 is 0 Å². The fourth-order valence-electron chi connectivity index (χ4n) is 0.179. The number of carbonyl (C=O) groups excluding carboxylic acids is 1. The molecule has 0 aromatic carbocycles. The van der Waals surface area contributed by atoms with Gasteiger partial charge in [0.25, 0.3) is 0 Å². The highest BCUT2D eigenvalue weighted by Gasteiger charge is 2.28. The maximum atomic E-state index is 11.2. The van der Waals surface area contributed by atoms with Crippen LogP contribution < -0.4 is 0 Å². The van der Waals surface area contributed by atoms with Gasteiger partial charge in [-0.15, -0.1) is 0 Å². The van der Waals surface area contributed by atoms with E-state index in [0.29, 0.717) is 0 Å². The van der Waals surface area contributed by atoms with Gasteiger partial charge >= 0.3 is 12.1 Å². The molecule has 6 heteroatoms. The first kappa shape index (κ1) is 9.22. The van der Waals surface area contributed by atoms with Gasteiger partial charge in [0.2, 0.25) is 0 Å². The molecule has 0 spiro atoms. The Morgan fingerprint density at radius 2 is 2.00 bits per heavy atom. The van der Waals surface area contributed by atoms with Crippen LogP contribution in [0.25, 0.3) is 0 Å². The highest BCUT2D eigenvalue weighted by molar-refractivity contribution is 5.65. The summed E-state index contributed by atoms with van der Waals surface area (Å²) in [5.41, 5.74) is 0. The first-order chi connectivity index (χ1) is 4.42. The monoisotopic (exact) mass is 158 g/mol. The van der Waals surface area contributed by atoms with Crippen LogP contribution in [0.2, 0.25) is 0 Å². The third-order valence-electron chi connectivity index (χ3n) is 0.399. The van der Waals surface area contributed by atoms with Crippen molar-refractivity contribution in [2.75, 3.05) is 6.61 Å². The third kappa shape index (κ3) is 7.22. The van der Waals surface area contributed by atoms with Gasteiger partial charge in [0.1, 0.15) is 0 Å². The molecule has 3 nitrogen and oxygen atoms in total. The number of carbonyl (C=O) groups is 1. The summed E-state index contributed by atoms with van der Waals surface area (Å²) >= 11 is 0. The van der Waals surface area contributed by atoms with Crippen molar-refractivity contribution in [3.8, 4) is 0 Å². The lowest BCUT2D eigenvalue weighted by molar-refractivity contribution is -0.315. The summed E-state index contributed by atoms with van der Waals surface area (Å²) in [6.07, 6.45) is -4.46. The van der Waals surface area contributed by atoms with E-state index in [1.807, 2.05) is 0 Å².